The van der Waals surface area contributed by atoms with Crippen LogP contribution in [0.15, 0.2) is 0 Å². The van der Waals surface area contributed by atoms with Crippen LogP contribution in [0.1, 0.15) is 96.8 Å². The zero-order valence-corrected chi connectivity index (χ0v) is 13.8. The Morgan fingerprint density at radius 3 is 2.35 bits per heavy atom. The van der Waals surface area contributed by atoms with E-state index >= 15 is 0 Å². The van der Waals surface area contributed by atoms with Crippen LogP contribution in [0.3, 0.4) is 0 Å². The maximum absolute atomic E-state index is 6.51. The van der Waals surface area contributed by atoms with Gasteiger partial charge in [0.15, 0.2) is 0 Å². The van der Waals surface area contributed by atoms with Crippen LogP contribution in [0.5, 0.6) is 0 Å². The molecule has 0 saturated heterocycles. The first-order chi connectivity index (χ1) is 9.81. The molecule has 2 N–H and O–H groups in total. The van der Waals surface area contributed by atoms with Crippen molar-refractivity contribution in [2.24, 2.45) is 23.5 Å². The molecule has 4 unspecified atom stereocenters. The van der Waals surface area contributed by atoms with Crippen molar-refractivity contribution in [3.63, 3.8) is 0 Å². The largest absolute Gasteiger partial charge is 0.327 e. The highest BCUT2D eigenvalue weighted by molar-refractivity contribution is 4.87. The minimum Gasteiger partial charge on any atom is -0.327 e. The van der Waals surface area contributed by atoms with Gasteiger partial charge in [-0.1, -0.05) is 71.1 Å². The van der Waals surface area contributed by atoms with E-state index in [-0.39, 0.29) is 0 Å². The summed E-state index contributed by atoms with van der Waals surface area (Å²) in [5, 5.41) is 0. The summed E-state index contributed by atoms with van der Waals surface area (Å²) in [4.78, 5) is 0. The van der Waals surface area contributed by atoms with Crippen LogP contribution in [0.25, 0.3) is 0 Å². The fraction of sp³-hybridized carbons (Fsp3) is 1.00. The van der Waals surface area contributed by atoms with Gasteiger partial charge in [-0.05, 0) is 43.4 Å². The molecule has 2 aliphatic rings. The zero-order chi connectivity index (χ0) is 14.2. The zero-order valence-electron chi connectivity index (χ0n) is 13.8. The van der Waals surface area contributed by atoms with Gasteiger partial charge < -0.3 is 5.73 Å². The van der Waals surface area contributed by atoms with Crippen molar-refractivity contribution < 1.29 is 0 Å². The van der Waals surface area contributed by atoms with E-state index in [4.69, 9.17) is 5.73 Å². The Hall–Kier alpha value is -0.0400. The van der Waals surface area contributed by atoms with Gasteiger partial charge >= 0.3 is 0 Å². The summed E-state index contributed by atoms with van der Waals surface area (Å²) in [6.45, 7) is 2.29. The van der Waals surface area contributed by atoms with Gasteiger partial charge in [0.1, 0.15) is 0 Å². The van der Waals surface area contributed by atoms with Gasteiger partial charge in [-0.2, -0.15) is 0 Å². The van der Waals surface area contributed by atoms with Crippen molar-refractivity contribution in [1.29, 1.82) is 0 Å². The van der Waals surface area contributed by atoms with Crippen LogP contribution in [-0.2, 0) is 0 Å². The molecular weight excluding hydrogens is 242 g/mol. The van der Waals surface area contributed by atoms with Gasteiger partial charge in [-0.25, -0.2) is 0 Å². The monoisotopic (exact) mass is 279 g/mol. The molecule has 118 valence electrons. The molecule has 0 aromatic heterocycles. The number of nitrogens with two attached hydrogens (primary N) is 1. The summed E-state index contributed by atoms with van der Waals surface area (Å²) in [6, 6.07) is 0.504. The highest BCUT2D eigenvalue weighted by atomic mass is 14.7. The molecule has 0 radical (unpaired) electrons. The Labute approximate surface area is 127 Å². The Kier molecular flexibility index (Phi) is 7.41. The van der Waals surface area contributed by atoms with Crippen LogP contribution < -0.4 is 5.73 Å². The van der Waals surface area contributed by atoms with E-state index in [0.29, 0.717) is 6.04 Å². The second-order valence-electron chi connectivity index (χ2n) is 7.60. The Morgan fingerprint density at radius 2 is 1.55 bits per heavy atom. The number of unbranched alkanes of at least 4 members (excludes halogenated alkanes) is 5. The van der Waals surface area contributed by atoms with Crippen molar-refractivity contribution in [2.45, 2.75) is 103 Å². The third kappa shape index (κ3) is 5.06. The quantitative estimate of drug-likeness (QED) is 0.569. The summed E-state index contributed by atoms with van der Waals surface area (Å²) in [7, 11) is 0. The molecule has 1 heteroatoms. The van der Waals surface area contributed by atoms with Crippen LogP contribution in [0.4, 0.5) is 0 Å². The third-order valence-corrected chi connectivity index (χ3v) is 6.08. The first kappa shape index (κ1) is 16.3. The van der Waals surface area contributed by atoms with Gasteiger partial charge in [-0.15, -0.1) is 0 Å². The standard InChI is InChI=1S/C19H37N/c1-2-3-4-5-6-7-12-19(20)18-14-13-16-10-8-9-11-17(16)15-18/h16-19H,2-15,20H2,1H3. The molecule has 0 bridgehead atoms. The van der Waals surface area contributed by atoms with Crippen LogP contribution in [0.2, 0.25) is 0 Å². The molecule has 0 aromatic carbocycles. The van der Waals surface area contributed by atoms with Crippen molar-refractivity contribution in [2.75, 3.05) is 0 Å². The van der Waals surface area contributed by atoms with Gasteiger partial charge in [0, 0.05) is 6.04 Å². The van der Waals surface area contributed by atoms with E-state index in [1.807, 2.05) is 0 Å². The highest BCUT2D eigenvalue weighted by Gasteiger charge is 2.34. The summed E-state index contributed by atoms with van der Waals surface area (Å²) in [5.41, 5.74) is 6.51. The molecule has 0 spiro atoms. The predicted molar refractivity (Wildman–Crippen MR) is 88.8 cm³/mol. The number of hydrogen-bond acceptors (Lipinski definition) is 1. The Balaban J connectivity index is 1.59. The molecule has 2 rings (SSSR count). The molecule has 2 saturated carbocycles. The number of fused-ring (bicyclic) bond motifs is 1. The Morgan fingerprint density at radius 1 is 0.850 bits per heavy atom. The molecule has 2 aliphatic carbocycles. The second-order valence-corrected chi connectivity index (χ2v) is 7.60. The maximum Gasteiger partial charge on any atom is 0.00672 e. The fourth-order valence-electron chi connectivity index (χ4n) is 4.69. The minimum atomic E-state index is 0.504. The summed E-state index contributed by atoms with van der Waals surface area (Å²) >= 11 is 0. The molecule has 1 nitrogen and oxygen atoms in total. The Bertz CT molecular complexity index is 250. The van der Waals surface area contributed by atoms with Crippen molar-refractivity contribution in [1.82, 2.24) is 0 Å². The van der Waals surface area contributed by atoms with Crippen molar-refractivity contribution >= 4 is 0 Å². The lowest BCUT2D eigenvalue weighted by atomic mass is 9.66. The van der Waals surface area contributed by atoms with Gasteiger partial charge in [0.25, 0.3) is 0 Å². The smallest absolute Gasteiger partial charge is 0.00672 e. The minimum absolute atomic E-state index is 0.504. The van der Waals surface area contributed by atoms with E-state index in [1.165, 1.54) is 89.9 Å². The third-order valence-electron chi connectivity index (χ3n) is 6.08. The lowest BCUT2D eigenvalue weighted by molar-refractivity contribution is 0.115. The molecule has 2 fully saturated rings. The van der Waals surface area contributed by atoms with Crippen LogP contribution in [-0.4, -0.2) is 6.04 Å². The van der Waals surface area contributed by atoms with Gasteiger partial charge in [0.05, 0.1) is 0 Å². The summed E-state index contributed by atoms with van der Waals surface area (Å²) < 4.78 is 0. The van der Waals surface area contributed by atoms with E-state index < -0.39 is 0 Å². The number of rotatable bonds is 8. The first-order valence-corrected chi connectivity index (χ1v) is 9.56. The predicted octanol–water partition coefficient (Wildman–Crippen LogP) is 5.67. The molecular formula is C19H37N. The average molecular weight is 280 g/mol. The van der Waals surface area contributed by atoms with E-state index in [1.54, 1.807) is 0 Å². The molecule has 0 aromatic rings. The topological polar surface area (TPSA) is 26.0 Å². The normalized spacial score (nSPS) is 31.8. The number of hydrogen-bond donors (Lipinski definition) is 1. The van der Waals surface area contributed by atoms with E-state index in [2.05, 4.69) is 6.92 Å². The van der Waals surface area contributed by atoms with Crippen molar-refractivity contribution in [3.05, 3.63) is 0 Å². The van der Waals surface area contributed by atoms with Crippen LogP contribution in [0, 0.1) is 17.8 Å². The van der Waals surface area contributed by atoms with E-state index in [0.717, 1.165) is 17.8 Å². The molecule has 0 amide bonds. The molecule has 0 heterocycles. The lowest BCUT2D eigenvalue weighted by Gasteiger charge is -2.41. The summed E-state index contributed by atoms with van der Waals surface area (Å²) in [6.07, 6.45) is 20.1. The van der Waals surface area contributed by atoms with Crippen molar-refractivity contribution in [3.8, 4) is 0 Å². The SMILES string of the molecule is CCCCCCCCC(N)C1CCC2CCCCC2C1. The fourth-order valence-corrected chi connectivity index (χ4v) is 4.69. The van der Waals surface area contributed by atoms with Gasteiger partial charge in [0.2, 0.25) is 0 Å². The molecule has 4 atom stereocenters. The summed E-state index contributed by atoms with van der Waals surface area (Å²) in [5.74, 6) is 2.96. The van der Waals surface area contributed by atoms with E-state index in [9.17, 15) is 0 Å². The molecule has 20 heavy (non-hydrogen) atoms. The first-order valence-electron chi connectivity index (χ1n) is 9.56. The maximum atomic E-state index is 6.51. The highest BCUT2D eigenvalue weighted by Crippen LogP contribution is 2.43. The van der Waals surface area contributed by atoms with Crippen LogP contribution >= 0.6 is 0 Å². The lowest BCUT2D eigenvalue weighted by Crippen LogP contribution is -2.37. The second kappa shape index (κ2) is 9.07. The average Bonchev–Trinajstić information content (AvgIpc) is 2.50. The van der Waals surface area contributed by atoms with Gasteiger partial charge in [-0.3, -0.25) is 0 Å². The molecule has 0 aliphatic heterocycles.